The molecule has 0 spiro atoms. The molecule has 2 nitrogen and oxygen atoms in total. The minimum absolute atomic E-state index is 0.753. The molecule has 0 aliphatic carbocycles. The van der Waals surface area contributed by atoms with Crippen molar-refractivity contribution in [1.82, 2.24) is 0 Å². The fourth-order valence-electron chi connectivity index (χ4n) is 1.42. The third kappa shape index (κ3) is 6.62. The second kappa shape index (κ2) is 9.01. The summed E-state index contributed by atoms with van der Waals surface area (Å²) in [5, 5.41) is 0. The fourth-order valence-corrected chi connectivity index (χ4v) is 1.42. The van der Waals surface area contributed by atoms with Crippen molar-refractivity contribution in [3.05, 3.63) is 0 Å². The first-order valence-electron chi connectivity index (χ1n) is 5.25. The van der Waals surface area contributed by atoms with Gasteiger partial charge in [0, 0.05) is 0 Å². The van der Waals surface area contributed by atoms with E-state index in [0.29, 0.717) is 0 Å². The van der Waals surface area contributed by atoms with Crippen molar-refractivity contribution in [2.24, 2.45) is 17.4 Å². The molecule has 0 bridgehead atoms. The summed E-state index contributed by atoms with van der Waals surface area (Å²) in [5.74, 6) is 0.753. The van der Waals surface area contributed by atoms with Crippen LogP contribution in [-0.2, 0) is 0 Å². The Hall–Kier alpha value is -0.0800. The maximum Gasteiger partial charge on any atom is -0.00490 e. The van der Waals surface area contributed by atoms with Crippen molar-refractivity contribution >= 4 is 0 Å². The molecule has 0 aliphatic rings. The van der Waals surface area contributed by atoms with Crippen LogP contribution in [0.5, 0.6) is 0 Å². The molecule has 0 saturated heterocycles. The summed E-state index contributed by atoms with van der Waals surface area (Å²) >= 11 is 0. The first-order valence-corrected chi connectivity index (χ1v) is 5.25. The number of rotatable bonds is 8. The highest BCUT2D eigenvalue weighted by Gasteiger charge is 2.01. The molecular formula is C10H24N2. The van der Waals surface area contributed by atoms with Gasteiger partial charge in [-0.2, -0.15) is 0 Å². The summed E-state index contributed by atoms with van der Waals surface area (Å²) in [6.07, 6.45) is 7.66. The molecule has 0 aromatic rings. The number of nitrogens with two attached hydrogens (primary N) is 2. The molecule has 0 radical (unpaired) electrons. The minimum Gasteiger partial charge on any atom is -0.330 e. The number of hydrogen-bond acceptors (Lipinski definition) is 2. The molecule has 1 unspecified atom stereocenters. The maximum absolute atomic E-state index is 5.60. The van der Waals surface area contributed by atoms with Gasteiger partial charge in [-0.15, -0.1) is 0 Å². The topological polar surface area (TPSA) is 52.0 Å². The van der Waals surface area contributed by atoms with Crippen LogP contribution < -0.4 is 11.5 Å². The molecule has 0 aromatic carbocycles. The smallest absolute Gasteiger partial charge is 0.00490 e. The van der Waals surface area contributed by atoms with Crippen LogP contribution in [0.1, 0.15) is 45.4 Å². The summed E-state index contributed by atoms with van der Waals surface area (Å²) < 4.78 is 0. The van der Waals surface area contributed by atoms with Gasteiger partial charge in [-0.1, -0.05) is 32.6 Å². The quantitative estimate of drug-likeness (QED) is 0.549. The van der Waals surface area contributed by atoms with Gasteiger partial charge in [0.2, 0.25) is 0 Å². The second-order valence-corrected chi connectivity index (χ2v) is 3.50. The Balaban J connectivity index is 3.06. The van der Waals surface area contributed by atoms with E-state index in [-0.39, 0.29) is 0 Å². The van der Waals surface area contributed by atoms with Gasteiger partial charge in [-0.25, -0.2) is 0 Å². The average Bonchev–Trinajstić information content (AvgIpc) is 2.11. The molecule has 0 rings (SSSR count). The lowest BCUT2D eigenvalue weighted by atomic mass is 9.98. The van der Waals surface area contributed by atoms with E-state index in [1.165, 1.54) is 38.5 Å². The van der Waals surface area contributed by atoms with Crippen LogP contribution in [0.15, 0.2) is 0 Å². The summed E-state index contributed by atoms with van der Waals surface area (Å²) in [6, 6.07) is 0. The molecule has 4 N–H and O–H groups in total. The van der Waals surface area contributed by atoms with Crippen LogP contribution in [0.4, 0.5) is 0 Å². The maximum atomic E-state index is 5.60. The summed E-state index contributed by atoms with van der Waals surface area (Å²) in [4.78, 5) is 0. The zero-order valence-electron chi connectivity index (χ0n) is 8.39. The van der Waals surface area contributed by atoms with Crippen molar-refractivity contribution in [3.8, 4) is 0 Å². The fraction of sp³-hybridized carbons (Fsp3) is 1.00. The molecule has 0 saturated carbocycles. The molecule has 1 atom stereocenters. The average molecular weight is 172 g/mol. The highest BCUT2D eigenvalue weighted by atomic mass is 14.5. The van der Waals surface area contributed by atoms with Gasteiger partial charge in [-0.3, -0.25) is 0 Å². The van der Waals surface area contributed by atoms with Crippen LogP contribution in [0, 0.1) is 5.92 Å². The zero-order chi connectivity index (χ0) is 9.23. The van der Waals surface area contributed by atoms with Crippen molar-refractivity contribution < 1.29 is 0 Å². The van der Waals surface area contributed by atoms with Crippen LogP contribution >= 0.6 is 0 Å². The van der Waals surface area contributed by atoms with Crippen molar-refractivity contribution in [1.29, 1.82) is 0 Å². The van der Waals surface area contributed by atoms with Crippen LogP contribution in [0.3, 0.4) is 0 Å². The van der Waals surface area contributed by atoms with Gasteiger partial charge < -0.3 is 11.5 Å². The highest BCUT2D eigenvalue weighted by Crippen LogP contribution is 2.12. The minimum atomic E-state index is 0.753. The zero-order valence-corrected chi connectivity index (χ0v) is 8.39. The first-order chi connectivity index (χ1) is 5.85. The predicted octanol–water partition coefficient (Wildman–Crippen LogP) is 1.88. The lowest BCUT2D eigenvalue weighted by molar-refractivity contribution is 0.449. The van der Waals surface area contributed by atoms with Crippen molar-refractivity contribution in [3.63, 3.8) is 0 Å². The van der Waals surface area contributed by atoms with E-state index in [1.54, 1.807) is 0 Å². The normalized spacial score (nSPS) is 13.2. The Morgan fingerprint density at radius 2 is 1.67 bits per heavy atom. The van der Waals surface area contributed by atoms with E-state index >= 15 is 0 Å². The van der Waals surface area contributed by atoms with E-state index in [2.05, 4.69) is 6.92 Å². The molecule has 12 heavy (non-hydrogen) atoms. The molecule has 0 fully saturated rings. The van der Waals surface area contributed by atoms with E-state index < -0.39 is 0 Å². The third-order valence-electron chi connectivity index (χ3n) is 2.48. The Morgan fingerprint density at radius 3 is 2.17 bits per heavy atom. The Morgan fingerprint density at radius 1 is 1.00 bits per heavy atom. The summed E-state index contributed by atoms with van der Waals surface area (Å²) in [7, 11) is 0. The van der Waals surface area contributed by atoms with Gasteiger partial charge in [0.15, 0.2) is 0 Å². The van der Waals surface area contributed by atoms with E-state index in [9.17, 15) is 0 Å². The lowest BCUT2D eigenvalue weighted by Crippen LogP contribution is -2.13. The molecule has 74 valence electrons. The molecule has 0 aromatic heterocycles. The van der Waals surface area contributed by atoms with E-state index in [0.717, 1.165) is 19.0 Å². The van der Waals surface area contributed by atoms with E-state index in [4.69, 9.17) is 11.5 Å². The molecule has 0 heterocycles. The third-order valence-corrected chi connectivity index (χ3v) is 2.48. The van der Waals surface area contributed by atoms with Crippen molar-refractivity contribution in [2.45, 2.75) is 45.4 Å². The number of unbranched alkanes of at least 4 members (excludes halogenated alkanes) is 3. The van der Waals surface area contributed by atoms with E-state index in [1.807, 2.05) is 0 Å². The monoisotopic (exact) mass is 172 g/mol. The summed E-state index contributed by atoms with van der Waals surface area (Å²) in [5.41, 5.74) is 11.0. The molecular weight excluding hydrogens is 148 g/mol. The van der Waals surface area contributed by atoms with Crippen LogP contribution in [-0.4, -0.2) is 13.1 Å². The molecule has 2 heteroatoms. The first kappa shape index (κ1) is 11.9. The summed E-state index contributed by atoms with van der Waals surface area (Å²) in [6.45, 7) is 3.92. The number of hydrogen-bond donors (Lipinski definition) is 2. The largest absolute Gasteiger partial charge is 0.330 e. The Bertz CT molecular complexity index is 79.9. The van der Waals surface area contributed by atoms with Crippen LogP contribution in [0.2, 0.25) is 0 Å². The SMILES string of the molecule is CCC(CN)CCCCCCN. The van der Waals surface area contributed by atoms with Gasteiger partial charge >= 0.3 is 0 Å². The van der Waals surface area contributed by atoms with Gasteiger partial charge in [0.05, 0.1) is 0 Å². The van der Waals surface area contributed by atoms with Crippen molar-refractivity contribution in [2.75, 3.05) is 13.1 Å². The molecule has 0 amide bonds. The molecule has 0 aliphatic heterocycles. The highest BCUT2D eigenvalue weighted by molar-refractivity contribution is 4.57. The standard InChI is InChI=1S/C10H24N2/c1-2-10(9-12)7-5-3-4-6-8-11/h10H,2-9,11-12H2,1H3. The lowest BCUT2D eigenvalue weighted by Gasteiger charge is -2.10. The van der Waals surface area contributed by atoms with Gasteiger partial charge in [-0.05, 0) is 31.8 Å². The second-order valence-electron chi connectivity index (χ2n) is 3.50. The predicted molar refractivity (Wildman–Crippen MR) is 55.0 cm³/mol. The van der Waals surface area contributed by atoms with Gasteiger partial charge in [0.25, 0.3) is 0 Å². The Kier molecular flexibility index (Phi) is 8.95. The van der Waals surface area contributed by atoms with Gasteiger partial charge in [0.1, 0.15) is 0 Å². The van der Waals surface area contributed by atoms with Crippen LogP contribution in [0.25, 0.3) is 0 Å². The Labute approximate surface area is 76.7 Å².